The summed E-state index contributed by atoms with van der Waals surface area (Å²) in [6, 6.07) is 21.5. The van der Waals surface area contributed by atoms with E-state index in [0.717, 1.165) is 5.56 Å². The lowest BCUT2D eigenvalue weighted by Gasteiger charge is -2.10. The highest BCUT2D eigenvalue weighted by Gasteiger charge is 2.13. The molecule has 32 heavy (non-hydrogen) atoms. The van der Waals surface area contributed by atoms with Gasteiger partial charge in [0.05, 0.1) is 4.90 Å². The summed E-state index contributed by atoms with van der Waals surface area (Å²) in [6.45, 7) is 0.0180. The molecule has 0 atom stereocenters. The number of carbonyl (C=O) groups is 2. The third kappa shape index (κ3) is 6.66. The second-order valence-corrected chi connectivity index (χ2v) is 8.65. The van der Waals surface area contributed by atoms with E-state index in [0.29, 0.717) is 23.4 Å². The van der Waals surface area contributed by atoms with Gasteiger partial charge in [0.1, 0.15) is 5.75 Å². The Hall–Kier alpha value is -3.69. The molecule has 0 unspecified atom stereocenters. The summed E-state index contributed by atoms with van der Waals surface area (Å²) in [7, 11) is -3.65. The Kier molecular flexibility index (Phi) is 7.58. The molecule has 0 spiro atoms. The highest BCUT2D eigenvalue weighted by atomic mass is 32.2. The topological polar surface area (TPSA) is 128 Å². The van der Waals surface area contributed by atoms with Crippen molar-refractivity contribution in [3.8, 4) is 5.75 Å². The monoisotopic (exact) mass is 453 g/mol. The summed E-state index contributed by atoms with van der Waals surface area (Å²) in [5, 5.41) is 2.63. The molecule has 0 aliphatic carbocycles. The Morgan fingerprint density at radius 2 is 1.53 bits per heavy atom. The van der Waals surface area contributed by atoms with Gasteiger partial charge in [0.25, 0.3) is 5.91 Å². The van der Waals surface area contributed by atoms with Gasteiger partial charge >= 0.3 is 0 Å². The molecular formula is C23H23N3O5S. The van der Waals surface area contributed by atoms with Crippen LogP contribution in [0.4, 0.5) is 5.69 Å². The van der Waals surface area contributed by atoms with Gasteiger partial charge in [-0.2, -0.15) is 0 Å². The first kappa shape index (κ1) is 23.0. The third-order valence-corrected chi connectivity index (χ3v) is 5.98. The largest absolute Gasteiger partial charge is 0.484 e. The van der Waals surface area contributed by atoms with Crippen LogP contribution in [0, 0.1) is 0 Å². The van der Waals surface area contributed by atoms with Crippen molar-refractivity contribution in [2.24, 2.45) is 5.73 Å². The van der Waals surface area contributed by atoms with Crippen LogP contribution in [-0.2, 0) is 21.2 Å². The minimum Gasteiger partial charge on any atom is -0.484 e. The van der Waals surface area contributed by atoms with E-state index in [2.05, 4.69) is 10.0 Å². The van der Waals surface area contributed by atoms with Gasteiger partial charge in [0.2, 0.25) is 15.9 Å². The van der Waals surface area contributed by atoms with Crippen LogP contribution in [0.2, 0.25) is 0 Å². The van der Waals surface area contributed by atoms with Crippen LogP contribution in [0.15, 0.2) is 83.8 Å². The summed E-state index contributed by atoms with van der Waals surface area (Å²) in [5.41, 5.74) is 7.05. The van der Waals surface area contributed by atoms with Crippen molar-refractivity contribution in [1.82, 2.24) is 4.72 Å². The number of primary amides is 1. The molecule has 0 saturated heterocycles. The lowest BCUT2D eigenvalue weighted by atomic mass is 10.2. The van der Waals surface area contributed by atoms with Crippen LogP contribution >= 0.6 is 0 Å². The predicted molar refractivity (Wildman–Crippen MR) is 121 cm³/mol. The zero-order valence-electron chi connectivity index (χ0n) is 17.2. The summed E-state index contributed by atoms with van der Waals surface area (Å²) < 4.78 is 32.8. The van der Waals surface area contributed by atoms with E-state index in [9.17, 15) is 18.0 Å². The van der Waals surface area contributed by atoms with E-state index in [1.165, 1.54) is 36.4 Å². The van der Waals surface area contributed by atoms with E-state index in [-0.39, 0.29) is 18.0 Å². The van der Waals surface area contributed by atoms with Crippen molar-refractivity contribution in [2.45, 2.75) is 11.3 Å². The fraction of sp³-hybridized carbons (Fsp3) is 0.130. The van der Waals surface area contributed by atoms with E-state index < -0.39 is 21.8 Å². The molecule has 3 rings (SSSR count). The second kappa shape index (κ2) is 10.6. The number of nitrogens with one attached hydrogen (secondary N) is 2. The molecule has 2 amide bonds. The number of sulfonamides is 1. The molecule has 0 heterocycles. The van der Waals surface area contributed by atoms with Gasteiger partial charge in [0, 0.05) is 17.8 Å². The fourth-order valence-electron chi connectivity index (χ4n) is 2.84. The molecular weight excluding hydrogens is 430 g/mol. The highest BCUT2D eigenvalue weighted by molar-refractivity contribution is 7.89. The molecule has 0 bridgehead atoms. The van der Waals surface area contributed by atoms with E-state index in [1.807, 2.05) is 30.3 Å². The van der Waals surface area contributed by atoms with E-state index in [4.69, 9.17) is 10.5 Å². The van der Waals surface area contributed by atoms with Crippen LogP contribution in [0.1, 0.15) is 15.9 Å². The SMILES string of the molecule is NC(=O)c1ccc(NC(=O)COc2ccc(S(=O)(=O)NCCc3ccccc3)cc2)cc1. The lowest BCUT2D eigenvalue weighted by molar-refractivity contribution is -0.118. The van der Waals surface area contributed by atoms with Crippen molar-refractivity contribution < 1.29 is 22.7 Å². The molecule has 0 aromatic heterocycles. The molecule has 0 fully saturated rings. The zero-order valence-corrected chi connectivity index (χ0v) is 18.0. The van der Waals surface area contributed by atoms with Gasteiger partial charge < -0.3 is 15.8 Å². The van der Waals surface area contributed by atoms with Crippen molar-refractivity contribution in [2.75, 3.05) is 18.5 Å². The Labute approximate surface area is 186 Å². The van der Waals surface area contributed by atoms with Gasteiger partial charge in [-0.3, -0.25) is 9.59 Å². The van der Waals surface area contributed by atoms with E-state index in [1.54, 1.807) is 12.1 Å². The zero-order chi connectivity index (χ0) is 23.0. The Morgan fingerprint density at radius 1 is 0.875 bits per heavy atom. The molecule has 166 valence electrons. The number of carbonyl (C=O) groups excluding carboxylic acids is 2. The number of rotatable bonds is 10. The van der Waals surface area contributed by atoms with Crippen LogP contribution in [0.25, 0.3) is 0 Å². The first-order valence-corrected chi connectivity index (χ1v) is 11.3. The number of nitrogens with two attached hydrogens (primary N) is 1. The molecule has 8 nitrogen and oxygen atoms in total. The maximum atomic E-state index is 12.4. The summed E-state index contributed by atoms with van der Waals surface area (Å²) in [4.78, 5) is 23.2. The molecule has 3 aromatic carbocycles. The summed E-state index contributed by atoms with van der Waals surface area (Å²) in [6.07, 6.45) is 0.585. The molecule has 3 aromatic rings. The molecule has 0 saturated carbocycles. The van der Waals surface area contributed by atoms with Crippen LogP contribution < -0.4 is 20.5 Å². The van der Waals surface area contributed by atoms with Gasteiger partial charge in [-0.15, -0.1) is 0 Å². The molecule has 0 radical (unpaired) electrons. The Morgan fingerprint density at radius 3 is 2.16 bits per heavy atom. The van der Waals surface area contributed by atoms with Crippen molar-refractivity contribution in [1.29, 1.82) is 0 Å². The number of amides is 2. The quantitative estimate of drug-likeness (QED) is 0.434. The number of anilines is 1. The maximum Gasteiger partial charge on any atom is 0.262 e. The standard InChI is InChI=1S/C23H23N3O5S/c24-23(28)18-6-8-19(9-7-18)26-22(27)16-31-20-10-12-21(13-11-20)32(29,30)25-15-14-17-4-2-1-3-5-17/h1-13,25H,14-16H2,(H2,24,28)(H,26,27). The Balaban J connectivity index is 1.48. The minimum absolute atomic E-state index is 0.108. The molecule has 0 aliphatic heterocycles. The van der Waals surface area contributed by atoms with Crippen LogP contribution in [0.3, 0.4) is 0 Å². The predicted octanol–water partition coefficient (Wildman–Crippen LogP) is 2.32. The lowest BCUT2D eigenvalue weighted by Crippen LogP contribution is -2.26. The number of hydrogen-bond donors (Lipinski definition) is 3. The molecule has 0 aliphatic rings. The van der Waals surface area contributed by atoms with Crippen LogP contribution in [0.5, 0.6) is 5.75 Å². The van der Waals surface area contributed by atoms with Gasteiger partial charge in [-0.05, 0) is 60.5 Å². The van der Waals surface area contributed by atoms with Crippen LogP contribution in [-0.4, -0.2) is 33.4 Å². The highest BCUT2D eigenvalue weighted by Crippen LogP contribution is 2.16. The Bertz CT molecular complexity index is 1160. The van der Waals surface area contributed by atoms with E-state index >= 15 is 0 Å². The fourth-order valence-corrected chi connectivity index (χ4v) is 3.87. The average Bonchev–Trinajstić information content (AvgIpc) is 2.79. The second-order valence-electron chi connectivity index (χ2n) is 6.88. The van der Waals surface area contributed by atoms with Crippen molar-refractivity contribution in [3.63, 3.8) is 0 Å². The number of hydrogen-bond acceptors (Lipinski definition) is 5. The van der Waals surface area contributed by atoms with Crippen molar-refractivity contribution in [3.05, 3.63) is 90.0 Å². The first-order valence-electron chi connectivity index (χ1n) is 9.80. The average molecular weight is 454 g/mol. The number of ether oxygens (including phenoxy) is 1. The van der Waals surface area contributed by atoms with Gasteiger partial charge in [-0.25, -0.2) is 13.1 Å². The first-order chi connectivity index (χ1) is 15.3. The third-order valence-electron chi connectivity index (χ3n) is 4.51. The maximum absolute atomic E-state index is 12.4. The smallest absolute Gasteiger partial charge is 0.262 e. The molecule has 4 N–H and O–H groups in total. The summed E-state index contributed by atoms with van der Waals surface area (Å²) >= 11 is 0. The van der Waals surface area contributed by atoms with Gasteiger partial charge in [-0.1, -0.05) is 30.3 Å². The number of benzene rings is 3. The summed E-state index contributed by atoms with van der Waals surface area (Å²) in [5.74, 6) is -0.605. The van der Waals surface area contributed by atoms with Crippen molar-refractivity contribution >= 4 is 27.5 Å². The molecule has 9 heteroatoms. The minimum atomic E-state index is -3.65. The normalized spacial score (nSPS) is 11.0. The van der Waals surface area contributed by atoms with Gasteiger partial charge in [0.15, 0.2) is 6.61 Å².